The van der Waals surface area contributed by atoms with Crippen molar-refractivity contribution >= 4 is 11.8 Å². The maximum atomic E-state index is 4.64. The molecule has 1 aromatic heterocycles. The van der Waals surface area contributed by atoms with E-state index in [2.05, 4.69) is 57.6 Å². The highest BCUT2D eigenvalue weighted by Gasteiger charge is 2.15. The molecule has 0 atom stereocenters. The van der Waals surface area contributed by atoms with Crippen LogP contribution in [0, 0.1) is 13.8 Å². The van der Waals surface area contributed by atoms with E-state index in [1.165, 1.54) is 33.7 Å². The van der Waals surface area contributed by atoms with E-state index in [0.717, 1.165) is 17.8 Å². The van der Waals surface area contributed by atoms with Gasteiger partial charge >= 0.3 is 0 Å². The van der Waals surface area contributed by atoms with E-state index in [0.29, 0.717) is 0 Å². The van der Waals surface area contributed by atoms with Crippen molar-refractivity contribution in [1.29, 1.82) is 0 Å². The molecule has 0 fully saturated rings. The molecule has 1 aliphatic heterocycles. The number of H-pyrrole nitrogens is 1. The van der Waals surface area contributed by atoms with Gasteiger partial charge in [0.25, 0.3) is 0 Å². The molecule has 0 aliphatic carbocycles. The lowest BCUT2D eigenvalue weighted by Gasteiger charge is -1.99. The van der Waals surface area contributed by atoms with Gasteiger partial charge in [0.15, 0.2) is 0 Å². The SMILES string of the molecule is CCc1c(C)[nH]c(/C=C2/N=C(C)C(C)=C2C)c1C. The average molecular weight is 242 g/mol. The minimum absolute atomic E-state index is 1.08. The van der Waals surface area contributed by atoms with Crippen molar-refractivity contribution in [3.8, 4) is 0 Å². The van der Waals surface area contributed by atoms with Gasteiger partial charge in [-0.05, 0) is 69.4 Å². The second-order valence-corrected chi connectivity index (χ2v) is 5.10. The molecule has 0 spiro atoms. The maximum absolute atomic E-state index is 4.64. The Balaban J connectivity index is 2.48. The summed E-state index contributed by atoms with van der Waals surface area (Å²) in [5, 5.41) is 0. The number of nitrogens with one attached hydrogen (secondary N) is 1. The van der Waals surface area contributed by atoms with Crippen LogP contribution in [0.15, 0.2) is 21.8 Å². The highest BCUT2D eigenvalue weighted by molar-refractivity contribution is 6.03. The molecule has 2 heteroatoms. The molecule has 0 aromatic carbocycles. The third kappa shape index (κ3) is 1.96. The van der Waals surface area contributed by atoms with Crippen molar-refractivity contribution in [2.45, 2.75) is 48.0 Å². The lowest BCUT2D eigenvalue weighted by atomic mass is 10.1. The van der Waals surface area contributed by atoms with Crippen molar-refractivity contribution in [2.75, 3.05) is 0 Å². The molecule has 0 radical (unpaired) electrons. The Labute approximate surface area is 110 Å². The number of nitrogens with zero attached hydrogens (tertiary/aromatic N) is 1. The number of rotatable bonds is 2. The zero-order valence-corrected chi connectivity index (χ0v) is 12.2. The van der Waals surface area contributed by atoms with Crippen LogP contribution in [0.1, 0.15) is 50.2 Å². The van der Waals surface area contributed by atoms with Crippen LogP contribution < -0.4 is 0 Å². The molecule has 0 saturated carbocycles. The second kappa shape index (κ2) is 4.60. The summed E-state index contributed by atoms with van der Waals surface area (Å²) in [6.07, 6.45) is 3.25. The van der Waals surface area contributed by atoms with Gasteiger partial charge in [0, 0.05) is 17.1 Å². The first-order valence-corrected chi connectivity index (χ1v) is 6.59. The Kier molecular flexibility index (Phi) is 3.29. The molecular weight excluding hydrogens is 220 g/mol. The summed E-state index contributed by atoms with van der Waals surface area (Å²) < 4.78 is 0. The number of aromatic amines is 1. The largest absolute Gasteiger partial charge is 0.359 e. The van der Waals surface area contributed by atoms with Gasteiger partial charge < -0.3 is 4.98 Å². The minimum Gasteiger partial charge on any atom is -0.359 e. The molecule has 0 unspecified atom stereocenters. The predicted octanol–water partition coefficient (Wildman–Crippen LogP) is 4.35. The van der Waals surface area contributed by atoms with E-state index < -0.39 is 0 Å². The van der Waals surface area contributed by atoms with Gasteiger partial charge in [-0.3, -0.25) is 4.99 Å². The van der Waals surface area contributed by atoms with Gasteiger partial charge in [-0.2, -0.15) is 0 Å². The Morgan fingerprint density at radius 3 is 2.17 bits per heavy atom. The predicted molar refractivity (Wildman–Crippen MR) is 79.1 cm³/mol. The first-order valence-electron chi connectivity index (χ1n) is 6.59. The Morgan fingerprint density at radius 1 is 1.06 bits per heavy atom. The molecule has 96 valence electrons. The molecule has 2 nitrogen and oxygen atoms in total. The van der Waals surface area contributed by atoms with Gasteiger partial charge in [0.2, 0.25) is 0 Å². The summed E-state index contributed by atoms with van der Waals surface area (Å²) in [6.45, 7) is 12.9. The number of allylic oxidation sites excluding steroid dienone is 2. The summed E-state index contributed by atoms with van der Waals surface area (Å²) in [6, 6.07) is 0. The molecule has 0 amide bonds. The topological polar surface area (TPSA) is 28.1 Å². The van der Waals surface area contributed by atoms with Crippen LogP contribution in [-0.2, 0) is 6.42 Å². The number of aryl methyl sites for hydroxylation is 1. The fourth-order valence-corrected chi connectivity index (χ4v) is 2.58. The summed E-state index contributed by atoms with van der Waals surface area (Å²) in [5.74, 6) is 0. The first-order chi connectivity index (χ1) is 8.45. The number of aromatic nitrogens is 1. The van der Waals surface area contributed by atoms with Crippen LogP contribution >= 0.6 is 0 Å². The number of aliphatic imine (C=N–C) groups is 1. The van der Waals surface area contributed by atoms with Crippen molar-refractivity contribution < 1.29 is 0 Å². The molecule has 2 heterocycles. The average Bonchev–Trinajstić information content (AvgIpc) is 2.72. The lowest BCUT2D eigenvalue weighted by Crippen LogP contribution is -1.87. The zero-order chi connectivity index (χ0) is 13.4. The number of hydrogen-bond acceptors (Lipinski definition) is 1. The molecule has 0 bridgehead atoms. The highest BCUT2D eigenvalue weighted by atomic mass is 14.8. The molecular formula is C16H22N2. The van der Waals surface area contributed by atoms with Crippen LogP contribution in [0.5, 0.6) is 0 Å². The Morgan fingerprint density at radius 2 is 1.72 bits per heavy atom. The Hall–Kier alpha value is -1.57. The second-order valence-electron chi connectivity index (χ2n) is 5.10. The van der Waals surface area contributed by atoms with Crippen LogP contribution in [0.4, 0.5) is 0 Å². The van der Waals surface area contributed by atoms with Crippen LogP contribution in [0.2, 0.25) is 0 Å². The van der Waals surface area contributed by atoms with E-state index in [4.69, 9.17) is 0 Å². The van der Waals surface area contributed by atoms with Crippen LogP contribution in [0.25, 0.3) is 6.08 Å². The minimum atomic E-state index is 1.08. The molecule has 0 saturated heterocycles. The molecule has 18 heavy (non-hydrogen) atoms. The van der Waals surface area contributed by atoms with Gasteiger partial charge in [-0.1, -0.05) is 6.92 Å². The zero-order valence-electron chi connectivity index (χ0n) is 12.2. The summed E-state index contributed by atoms with van der Waals surface area (Å²) >= 11 is 0. The maximum Gasteiger partial charge on any atom is 0.0686 e. The summed E-state index contributed by atoms with van der Waals surface area (Å²) in [7, 11) is 0. The van der Waals surface area contributed by atoms with E-state index in [9.17, 15) is 0 Å². The fourth-order valence-electron chi connectivity index (χ4n) is 2.58. The van der Waals surface area contributed by atoms with Crippen molar-refractivity contribution in [2.24, 2.45) is 4.99 Å². The summed E-state index contributed by atoms with van der Waals surface area (Å²) in [4.78, 5) is 8.11. The van der Waals surface area contributed by atoms with Crippen LogP contribution in [-0.4, -0.2) is 10.7 Å². The van der Waals surface area contributed by atoms with Crippen LogP contribution in [0.3, 0.4) is 0 Å². The number of hydrogen-bond donors (Lipinski definition) is 1. The van der Waals surface area contributed by atoms with E-state index in [-0.39, 0.29) is 0 Å². The molecule has 2 rings (SSSR count). The van der Waals surface area contributed by atoms with Crippen molar-refractivity contribution in [1.82, 2.24) is 4.98 Å². The van der Waals surface area contributed by atoms with Crippen molar-refractivity contribution in [3.05, 3.63) is 39.4 Å². The molecule has 1 aliphatic rings. The molecule has 1 aromatic rings. The van der Waals surface area contributed by atoms with Gasteiger partial charge in [0.05, 0.1) is 5.70 Å². The van der Waals surface area contributed by atoms with E-state index in [1.807, 2.05) is 0 Å². The van der Waals surface area contributed by atoms with E-state index >= 15 is 0 Å². The highest BCUT2D eigenvalue weighted by Crippen LogP contribution is 2.28. The summed E-state index contributed by atoms with van der Waals surface area (Å²) in [5.41, 5.74) is 10.1. The molecule has 1 N–H and O–H groups in total. The smallest absolute Gasteiger partial charge is 0.0686 e. The van der Waals surface area contributed by atoms with Gasteiger partial charge in [-0.15, -0.1) is 0 Å². The third-order valence-corrected chi connectivity index (χ3v) is 4.04. The Bertz CT molecular complexity index is 580. The first kappa shape index (κ1) is 12.9. The van der Waals surface area contributed by atoms with Gasteiger partial charge in [0.1, 0.15) is 0 Å². The third-order valence-electron chi connectivity index (χ3n) is 4.04. The van der Waals surface area contributed by atoms with Crippen molar-refractivity contribution in [3.63, 3.8) is 0 Å². The quantitative estimate of drug-likeness (QED) is 0.799. The lowest BCUT2D eigenvalue weighted by molar-refractivity contribution is 1.08. The fraction of sp³-hybridized carbons (Fsp3) is 0.438. The monoisotopic (exact) mass is 242 g/mol. The standard InChI is InChI=1S/C16H22N2/c1-7-14-11(4)16(18-13(14)6)8-15-10(3)9(2)12(5)17-15/h8,18H,7H2,1-6H3/b15-8+. The normalized spacial score (nSPS) is 17.9. The van der Waals surface area contributed by atoms with Gasteiger partial charge in [-0.25, -0.2) is 0 Å². The van der Waals surface area contributed by atoms with E-state index in [1.54, 1.807) is 0 Å².